The lowest BCUT2D eigenvalue weighted by Crippen LogP contribution is -2.21. The molecule has 5 heteroatoms. The molecule has 0 unspecified atom stereocenters. The van der Waals surface area contributed by atoms with Crippen molar-refractivity contribution in [2.24, 2.45) is 5.73 Å². The second-order valence-corrected chi connectivity index (χ2v) is 6.80. The first-order chi connectivity index (χ1) is 12.3. The molecule has 0 spiro atoms. The van der Waals surface area contributed by atoms with Crippen molar-refractivity contribution >= 4 is 17.4 Å². The SMILES string of the molecule is CCC(CC)Oc1cc(C)nc(Nc2c(C)cc(C)cc2C)c1C(N)=O. The molecule has 140 valence electrons. The summed E-state index contributed by atoms with van der Waals surface area (Å²) >= 11 is 0. The zero-order valence-electron chi connectivity index (χ0n) is 16.6. The van der Waals surface area contributed by atoms with E-state index in [1.165, 1.54) is 5.56 Å². The maximum absolute atomic E-state index is 12.2. The van der Waals surface area contributed by atoms with Crippen molar-refractivity contribution in [3.8, 4) is 5.75 Å². The van der Waals surface area contributed by atoms with E-state index in [0.717, 1.165) is 35.3 Å². The summed E-state index contributed by atoms with van der Waals surface area (Å²) < 4.78 is 6.06. The molecular weight excluding hydrogens is 326 g/mol. The molecule has 0 fully saturated rings. The van der Waals surface area contributed by atoms with E-state index >= 15 is 0 Å². The van der Waals surface area contributed by atoms with Gasteiger partial charge in [-0.2, -0.15) is 0 Å². The van der Waals surface area contributed by atoms with Crippen LogP contribution < -0.4 is 15.8 Å². The number of rotatable bonds is 7. The highest BCUT2D eigenvalue weighted by atomic mass is 16.5. The summed E-state index contributed by atoms with van der Waals surface area (Å²) in [6.45, 7) is 12.1. The van der Waals surface area contributed by atoms with E-state index in [4.69, 9.17) is 10.5 Å². The van der Waals surface area contributed by atoms with E-state index in [1.807, 2.05) is 20.8 Å². The van der Waals surface area contributed by atoms with Gasteiger partial charge in [-0.25, -0.2) is 4.98 Å². The van der Waals surface area contributed by atoms with E-state index < -0.39 is 5.91 Å². The van der Waals surface area contributed by atoms with Gasteiger partial charge < -0.3 is 15.8 Å². The van der Waals surface area contributed by atoms with Crippen LogP contribution in [0.25, 0.3) is 0 Å². The van der Waals surface area contributed by atoms with E-state index in [1.54, 1.807) is 6.07 Å². The number of anilines is 2. The van der Waals surface area contributed by atoms with Gasteiger partial charge in [-0.3, -0.25) is 4.79 Å². The van der Waals surface area contributed by atoms with Crippen LogP contribution in [-0.4, -0.2) is 17.0 Å². The molecule has 2 rings (SSSR count). The number of carbonyl (C=O) groups is 1. The number of aromatic nitrogens is 1. The van der Waals surface area contributed by atoms with Crippen LogP contribution in [0.2, 0.25) is 0 Å². The third-order valence-corrected chi connectivity index (χ3v) is 4.48. The number of nitrogens with zero attached hydrogens (tertiary/aromatic N) is 1. The lowest BCUT2D eigenvalue weighted by Gasteiger charge is -2.21. The van der Waals surface area contributed by atoms with E-state index in [0.29, 0.717) is 17.1 Å². The summed E-state index contributed by atoms with van der Waals surface area (Å²) in [4.78, 5) is 16.7. The Hall–Kier alpha value is -2.56. The highest BCUT2D eigenvalue weighted by molar-refractivity contribution is 6.01. The fourth-order valence-electron chi connectivity index (χ4n) is 3.20. The Morgan fingerprint density at radius 2 is 1.69 bits per heavy atom. The standard InChI is InChI=1S/C21H29N3O2/c1-7-16(8-2)26-17-11-15(6)23-21(18(17)20(22)25)24-19-13(4)9-12(3)10-14(19)5/h9-11,16H,7-8H2,1-6H3,(H2,22,25)(H,23,24). The molecule has 1 heterocycles. The van der Waals surface area contributed by atoms with Gasteiger partial charge >= 0.3 is 0 Å². The Labute approximate surface area is 156 Å². The quantitative estimate of drug-likeness (QED) is 0.753. The number of amides is 1. The fraction of sp³-hybridized carbons (Fsp3) is 0.429. The predicted octanol–water partition coefficient (Wildman–Crippen LogP) is 4.73. The second-order valence-electron chi connectivity index (χ2n) is 6.80. The average molecular weight is 355 g/mol. The molecule has 2 aromatic rings. The number of nitrogens with one attached hydrogen (secondary N) is 1. The van der Waals surface area contributed by atoms with Gasteiger partial charge in [0.25, 0.3) is 5.91 Å². The van der Waals surface area contributed by atoms with Crippen LogP contribution in [0.4, 0.5) is 11.5 Å². The summed E-state index contributed by atoms with van der Waals surface area (Å²) in [6, 6.07) is 5.96. The molecule has 1 aromatic carbocycles. The first-order valence-electron chi connectivity index (χ1n) is 9.09. The van der Waals surface area contributed by atoms with Crippen molar-refractivity contribution in [1.29, 1.82) is 0 Å². The van der Waals surface area contributed by atoms with Gasteiger partial charge in [-0.05, 0) is 51.7 Å². The largest absolute Gasteiger partial charge is 0.489 e. The molecule has 0 saturated carbocycles. The Morgan fingerprint density at radius 3 is 2.19 bits per heavy atom. The predicted molar refractivity (Wildman–Crippen MR) is 106 cm³/mol. The van der Waals surface area contributed by atoms with E-state index in [-0.39, 0.29) is 6.10 Å². The third-order valence-electron chi connectivity index (χ3n) is 4.48. The molecule has 0 aliphatic rings. The van der Waals surface area contributed by atoms with Gasteiger partial charge in [0.05, 0.1) is 6.10 Å². The Kier molecular flexibility index (Phi) is 6.24. The van der Waals surface area contributed by atoms with Crippen LogP contribution in [0.3, 0.4) is 0 Å². The van der Waals surface area contributed by atoms with Gasteiger partial charge in [0.1, 0.15) is 17.1 Å². The van der Waals surface area contributed by atoms with Gasteiger partial charge in [-0.15, -0.1) is 0 Å². The molecule has 1 aromatic heterocycles. The number of hydrogen-bond donors (Lipinski definition) is 2. The second kappa shape index (κ2) is 8.21. The lowest BCUT2D eigenvalue weighted by atomic mass is 10.0. The first kappa shape index (κ1) is 19.8. The van der Waals surface area contributed by atoms with Crippen molar-refractivity contribution in [2.75, 3.05) is 5.32 Å². The summed E-state index contributed by atoms with van der Waals surface area (Å²) in [5, 5.41) is 3.32. The number of benzene rings is 1. The minimum Gasteiger partial charge on any atom is -0.489 e. The lowest BCUT2D eigenvalue weighted by molar-refractivity contribution is 0.0992. The molecule has 0 saturated heterocycles. The minimum atomic E-state index is -0.552. The summed E-state index contributed by atoms with van der Waals surface area (Å²) in [5.41, 5.74) is 11.0. The van der Waals surface area contributed by atoms with Crippen LogP contribution in [0.5, 0.6) is 5.75 Å². The summed E-state index contributed by atoms with van der Waals surface area (Å²) in [6.07, 6.45) is 1.75. The van der Waals surface area contributed by atoms with Crippen molar-refractivity contribution in [2.45, 2.75) is 60.5 Å². The number of pyridine rings is 1. The molecule has 3 N–H and O–H groups in total. The van der Waals surface area contributed by atoms with Crippen LogP contribution >= 0.6 is 0 Å². The topological polar surface area (TPSA) is 77.2 Å². The van der Waals surface area contributed by atoms with Crippen molar-refractivity contribution in [1.82, 2.24) is 4.98 Å². The van der Waals surface area contributed by atoms with Crippen LogP contribution in [-0.2, 0) is 0 Å². The monoisotopic (exact) mass is 355 g/mol. The molecule has 1 amide bonds. The van der Waals surface area contributed by atoms with Crippen LogP contribution in [0.1, 0.15) is 59.4 Å². The number of ether oxygens (including phenoxy) is 1. The molecular formula is C21H29N3O2. The van der Waals surface area contributed by atoms with Crippen LogP contribution in [0.15, 0.2) is 18.2 Å². The average Bonchev–Trinajstić information content (AvgIpc) is 2.55. The summed E-state index contributed by atoms with van der Waals surface area (Å²) in [7, 11) is 0. The van der Waals surface area contributed by atoms with Gasteiger partial charge in [0.15, 0.2) is 0 Å². The third kappa shape index (κ3) is 4.34. The molecule has 0 bridgehead atoms. The maximum atomic E-state index is 12.2. The Bertz CT molecular complexity index is 788. The van der Waals surface area contributed by atoms with Crippen molar-refractivity contribution in [3.05, 3.63) is 46.1 Å². The Balaban J connectivity index is 2.55. The minimum absolute atomic E-state index is 0.0330. The number of hydrogen-bond acceptors (Lipinski definition) is 4. The van der Waals surface area contributed by atoms with Gasteiger partial charge in [0.2, 0.25) is 0 Å². The first-order valence-corrected chi connectivity index (χ1v) is 9.09. The fourth-order valence-corrected chi connectivity index (χ4v) is 3.20. The number of primary amides is 1. The highest BCUT2D eigenvalue weighted by Crippen LogP contribution is 2.32. The van der Waals surface area contributed by atoms with Gasteiger partial charge in [-0.1, -0.05) is 31.5 Å². The highest BCUT2D eigenvalue weighted by Gasteiger charge is 2.21. The Morgan fingerprint density at radius 1 is 1.12 bits per heavy atom. The van der Waals surface area contributed by atoms with Crippen LogP contribution in [0, 0.1) is 27.7 Å². The maximum Gasteiger partial charge on any atom is 0.256 e. The van der Waals surface area contributed by atoms with E-state index in [2.05, 4.69) is 43.2 Å². The molecule has 0 radical (unpaired) electrons. The van der Waals surface area contributed by atoms with E-state index in [9.17, 15) is 4.79 Å². The molecule has 0 aliphatic heterocycles. The molecule has 5 nitrogen and oxygen atoms in total. The zero-order valence-corrected chi connectivity index (χ0v) is 16.6. The van der Waals surface area contributed by atoms with Crippen molar-refractivity contribution in [3.63, 3.8) is 0 Å². The zero-order chi connectivity index (χ0) is 19.4. The normalized spacial score (nSPS) is 10.9. The number of aryl methyl sites for hydroxylation is 4. The van der Waals surface area contributed by atoms with Gasteiger partial charge in [0, 0.05) is 17.4 Å². The smallest absolute Gasteiger partial charge is 0.256 e. The van der Waals surface area contributed by atoms with Crippen molar-refractivity contribution < 1.29 is 9.53 Å². The number of nitrogens with two attached hydrogens (primary N) is 1. The molecule has 0 aliphatic carbocycles. The molecule has 26 heavy (non-hydrogen) atoms. The summed E-state index contributed by atoms with van der Waals surface area (Å²) in [5.74, 6) is 0.375. The number of carbonyl (C=O) groups excluding carboxylic acids is 1. The molecule has 0 atom stereocenters.